The van der Waals surface area contributed by atoms with Crippen LogP contribution in [-0.4, -0.2) is 21.2 Å². The highest BCUT2D eigenvalue weighted by Gasteiger charge is 2.29. The first kappa shape index (κ1) is 14.2. The molecule has 1 aliphatic carbocycles. The molecule has 0 spiro atoms. The maximum atomic E-state index is 11.2. The van der Waals surface area contributed by atoms with Crippen LogP contribution < -0.4 is 4.74 Å². The van der Waals surface area contributed by atoms with E-state index >= 15 is 0 Å². The normalized spacial score (nSPS) is 14.2. The summed E-state index contributed by atoms with van der Waals surface area (Å²) in [5, 5.41) is 13.3. The lowest BCUT2D eigenvalue weighted by atomic mass is 10.2. The number of hydrogen-bond acceptors (Lipinski definition) is 5. The van der Waals surface area contributed by atoms with Gasteiger partial charge in [0.15, 0.2) is 12.4 Å². The van der Waals surface area contributed by atoms with Crippen LogP contribution in [0.25, 0.3) is 0 Å². The number of carboxylic acid groups (broad SMARTS) is 1. The Bertz CT molecular complexity index is 697. The second-order valence-electron chi connectivity index (χ2n) is 4.68. The van der Waals surface area contributed by atoms with Gasteiger partial charge in [0.05, 0.1) is 5.02 Å². The first-order valence-corrected chi connectivity index (χ1v) is 6.98. The minimum atomic E-state index is -1.18. The van der Waals surface area contributed by atoms with Crippen LogP contribution in [-0.2, 0) is 6.61 Å². The van der Waals surface area contributed by atoms with Gasteiger partial charge < -0.3 is 14.4 Å². The van der Waals surface area contributed by atoms with Gasteiger partial charge in [-0.25, -0.2) is 4.79 Å². The van der Waals surface area contributed by atoms with Crippen LogP contribution in [0.2, 0.25) is 10.0 Å². The fraction of sp³-hybridized carbons (Fsp3) is 0.308. The molecule has 3 rings (SSSR count). The minimum Gasteiger partial charge on any atom is -0.483 e. The summed E-state index contributed by atoms with van der Waals surface area (Å²) in [6.45, 7) is -0.0299. The van der Waals surface area contributed by atoms with Gasteiger partial charge in [-0.05, 0) is 25.0 Å². The molecule has 1 N–H and O–H groups in total. The summed E-state index contributed by atoms with van der Waals surface area (Å²) >= 11 is 11.8. The number of benzene rings is 1. The van der Waals surface area contributed by atoms with Gasteiger partial charge in [-0.15, -0.1) is 0 Å². The molecule has 0 amide bonds. The molecule has 0 unspecified atom stereocenters. The molecule has 0 aliphatic heterocycles. The molecule has 1 aromatic carbocycles. The Labute approximate surface area is 129 Å². The lowest BCUT2D eigenvalue weighted by Gasteiger charge is -2.09. The lowest BCUT2D eigenvalue weighted by Crippen LogP contribution is -2.05. The van der Waals surface area contributed by atoms with Crippen molar-refractivity contribution in [1.82, 2.24) is 10.1 Å². The Hall–Kier alpha value is -1.79. The quantitative estimate of drug-likeness (QED) is 0.903. The molecule has 1 heterocycles. The van der Waals surface area contributed by atoms with E-state index in [2.05, 4.69) is 10.1 Å². The molecule has 8 heteroatoms. The molecule has 1 fully saturated rings. The molecule has 0 atom stereocenters. The third-order valence-corrected chi connectivity index (χ3v) is 3.49. The molecule has 2 aromatic rings. The number of halogens is 2. The number of aromatic carboxylic acids is 1. The second-order valence-corrected chi connectivity index (χ2v) is 5.52. The van der Waals surface area contributed by atoms with E-state index in [1.807, 2.05) is 0 Å². The highest BCUT2D eigenvalue weighted by atomic mass is 35.5. The Kier molecular flexibility index (Phi) is 3.73. The van der Waals surface area contributed by atoms with Crippen molar-refractivity contribution in [1.29, 1.82) is 0 Å². The first-order chi connectivity index (χ1) is 10.0. The monoisotopic (exact) mass is 328 g/mol. The van der Waals surface area contributed by atoms with E-state index in [-0.39, 0.29) is 28.0 Å². The van der Waals surface area contributed by atoms with E-state index in [1.165, 1.54) is 12.1 Å². The van der Waals surface area contributed by atoms with Crippen molar-refractivity contribution in [2.75, 3.05) is 0 Å². The second kappa shape index (κ2) is 5.54. The van der Waals surface area contributed by atoms with Crippen LogP contribution in [0.15, 0.2) is 16.7 Å². The molecule has 21 heavy (non-hydrogen) atoms. The van der Waals surface area contributed by atoms with Gasteiger partial charge in [0.1, 0.15) is 5.56 Å². The largest absolute Gasteiger partial charge is 0.483 e. The zero-order valence-corrected chi connectivity index (χ0v) is 12.2. The van der Waals surface area contributed by atoms with Crippen LogP contribution in [0.1, 0.15) is 40.8 Å². The van der Waals surface area contributed by atoms with Crippen LogP contribution in [0, 0.1) is 0 Å². The molecule has 110 valence electrons. The average molecular weight is 329 g/mol. The molecule has 0 bridgehead atoms. The lowest BCUT2D eigenvalue weighted by molar-refractivity contribution is 0.0691. The van der Waals surface area contributed by atoms with Gasteiger partial charge >= 0.3 is 5.97 Å². The third-order valence-electron chi connectivity index (χ3n) is 2.99. The summed E-state index contributed by atoms with van der Waals surface area (Å²) in [6, 6.07) is 2.69. The van der Waals surface area contributed by atoms with E-state index in [4.69, 9.17) is 37.6 Å². The SMILES string of the molecule is O=C(O)c1cc(Cl)cc(Cl)c1OCc1noc(C2CC2)n1. The van der Waals surface area contributed by atoms with Crippen LogP contribution in [0.5, 0.6) is 5.75 Å². The molecule has 0 radical (unpaired) electrons. The highest BCUT2D eigenvalue weighted by molar-refractivity contribution is 6.36. The van der Waals surface area contributed by atoms with Gasteiger partial charge in [0.25, 0.3) is 0 Å². The Morgan fingerprint density at radius 1 is 1.43 bits per heavy atom. The van der Waals surface area contributed by atoms with Crippen LogP contribution >= 0.6 is 23.2 Å². The van der Waals surface area contributed by atoms with Crippen molar-refractivity contribution in [2.45, 2.75) is 25.4 Å². The molecule has 1 aliphatic rings. The van der Waals surface area contributed by atoms with Gasteiger partial charge in [-0.3, -0.25) is 0 Å². The molecular formula is C13H10Cl2N2O4. The number of carbonyl (C=O) groups is 1. The van der Waals surface area contributed by atoms with E-state index in [9.17, 15) is 4.79 Å². The van der Waals surface area contributed by atoms with Crippen molar-refractivity contribution in [2.24, 2.45) is 0 Å². The van der Waals surface area contributed by atoms with Crippen molar-refractivity contribution in [3.63, 3.8) is 0 Å². The fourth-order valence-corrected chi connectivity index (χ4v) is 2.37. The van der Waals surface area contributed by atoms with Gasteiger partial charge in [-0.2, -0.15) is 4.98 Å². The number of aromatic nitrogens is 2. The smallest absolute Gasteiger partial charge is 0.339 e. The molecule has 1 aromatic heterocycles. The summed E-state index contributed by atoms with van der Waals surface area (Å²) < 4.78 is 10.5. The topological polar surface area (TPSA) is 85.5 Å². The zero-order valence-electron chi connectivity index (χ0n) is 10.7. The maximum absolute atomic E-state index is 11.2. The molecule has 1 saturated carbocycles. The molecular weight excluding hydrogens is 319 g/mol. The number of rotatable bonds is 5. The fourth-order valence-electron chi connectivity index (χ4n) is 1.82. The van der Waals surface area contributed by atoms with E-state index in [0.717, 1.165) is 12.8 Å². The van der Waals surface area contributed by atoms with Crippen molar-refractivity contribution >= 4 is 29.2 Å². The van der Waals surface area contributed by atoms with Crippen molar-refractivity contribution in [3.05, 3.63) is 39.5 Å². The maximum Gasteiger partial charge on any atom is 0.339 e. The summed E-state index contributed by atoms with van der Waals surface area (Å²) in [6.07, 6.45) is 2.10. The summed E-state index contributed by atoms with van der Waals surface area (Å²) in [4.78, 5) is 15.4. The van der Waals surface area contributed by atoms with E-state index in [0.29, 0.717) is 17.6 Å². The van der Waals surface area contributed by atoms with Crippen molar-refractivity contribution < 1.29 is 19.2 Å². The van der Waals surface area contributed by atoms with Gasteiger partial charge in [0, 0.05) is 10.9 Å². The molecule has 6 nitrogen and oxygen atoms in total. The highest BCUT2D eigenvalue weighted by Crippen LogP contribution is 2.39. The number of nitrogens with zero attached hydrogens (tertiary/aromatic N) is 2. The Balaban J connectivity index is 1.78. The predicted molar refractivity (Wildman–Crippen MR) is 74.0 cm³/mol. The minimum absolute atomic E-state index is 0.0299. The summed E-state index contributed by atoms with van der Waals surface area (Å²) in [5.41, 5.74) is -0.113. The van der Waals surface area contributed by atoms with Crippen LogP contribution in [0.4, 0.5) is 0 Å². The summed E-state index contributed by atoms with van der Waals surface area (Å²) in [5.74, 6) is 0.140. The van der Waals surface area contributed by atoms with E-state index < -0.39 is 5.97 Å². The Morgan fingerprint density at radius 3 is 2.86 bits per heavy atom. The number of hydrogen-bond donors (Lipinski definition) is 1. The number of ether oxygens (including phenoxy) is 1. The predicted octanol–water partition coefficient (Wildman–Crippen LogP) is 3.53. The van der Waals surface area contributed by atoms with Gasteiger partial charge in [0.2, 0.25) is 11.7 Å². The standard InChI is InChI=1S/C13H10Cl2N2O4/c14-7-3-8(13(18)19)11(9(15)4-7)20-5-10-16-12(21-17-10)6-1-2-6/h3-4,6H,1-2,5H2,(H,18,19). The van der Waals surface area contributed by atoms with E-state index in [1.54, 1.807) is 0 Å². The summed E-state index contributed by atoms with van der Waals surface area (Å²) in [7, 11) is 0. The zero-order chi connectivity index (χ0) is 15.0. The van der Waals surface area contributed by atoms with Crippen molar-refractivity contribution in [3.8, 4) is 5.75 Å². The van der Waals surface area contributed by atoms with Gasteiger partial charge in [-0.1, -0.05) is 28.4 Å². The first-order valence-electron chi connectivity index (χ1n) is 6.22. The molecule has 0 saturated heterocycles. The van der Waals surface area contributed by atoms with Crippen LogP contribution in [0.3, 0.4) is 0 Å². The average Bonchev–Trinajstić information content (AvgIpc) is 3.16. The number of carboxylic acids is 1. The Morgan fingerprint density at radius 2 is 2.19 bits per heavy atom. The third kappa shape index (κ3) is 3.11.